The first kappa shape index (κ1) is 28.7. The highest BCUT2D eigenvalue weighted by Crippen LogP contribution is 2.43. The lowest BCUT2D eigenvalue weighted by molar-refractivity contribution is 1.01. The second kappa shape index (κ2) is 10.9. The van der Waals surface area contributed by atoms with Crippen molar-refractivity contribution in [2.45, 2.75) is 0 Å². The quantitative estimate of drug-likeness (QED) is 0.174. The van der Waals surface area contributed by atoms with Crippen LogP contribution in [0.5, 0.6) is 0 Å². The van der Waals surface area contributed by atoms with Crippen molar-refractivity contribution in [3.63, 3.8) is 0 Å². The van der Waals surface area contributed by atoms with Crippen LogP contribution in [0.1, 0.15) is 0 Å². The topological polar surface area (TPSA) is 30.7 Å². The lowest BCUT2D eigenvalue weighted by atomic mass is 10.0. The summed E-state index contributed by atoms with van der Waals surface area (Å²) in [5.74, 6) is 0.709. The van der Waals surface area contributed by atoms with Crippen LogP contribution in [0.3, 0.4) is 0 Å². The minimum Gasteiger partial charge on any atom is -0.276 e. The number of hydrogen-bond acceptors (Lipinski definition) is 3. The number of rotatable bonds is 4. The summed E-state index contributed by atoms with van der Waals surface area (Å²) in [6.07, 6.45) is 0. The number of nitrogens with zero attached hydrogens (tertiary/aromatic N) is 3. The second-order valence-electron chi connectivity index (χ2n) is 13.3. The van der Waals surface area contributed by atoms with E-state index < -0.39 is 8.07 Å². The normalized spacial score (nSPS) is 13.3. The Morgan fingerprint density at radius 1 is 0.490 bits per heavy atom. The molecule has 0 aliphatic carbocycles. The fourth-order valence-corrected chi connectivity index (χ4v) is 14.8. The van der Waals surface area contributed by atoms with Crippen LogP contribution >= 0.6 is 11.3 Å². The molecule has 0 atom stereocenters. The van der Waals surface area contributed by atoms with Crippen molar-refractivity contribution in [3.8, 4) is 28.3 Å². The van der Waals surface area contributed by atoms with Gasteiger partial charge in [-0.2, -0.15) is 0 Å². The molecule has 7 aromatic carbocycles. The smallest absolute Gasteiger partial charge is 0.235 e. The number of aromatic nitrogens is 3. The van der Waals surface area contributed by atoms with Crippen molar-refractivity contribution < 1.29 is 0 Å². The molecule has 1 aliphatic heterocycles. The lowest BCUT2D eigenvalue weighted by Crippen LogP contribution is -2.73. The summed E-state index contributed by atoms with van der Waals surface area (Å²) < 4.78 is 4.90. The molecule has 0 radical (unpaired) electrons. The Hall–Kier alpha value is -6.14. The van der Waals surface area contributed by atoms with E-state index in [1.54, 1.807) is 0 Å². The van der Waals surface area contributed by atoms with Gasteiger partial charge in [-0.05, 0) is 33.3 Å². The average Bonchev–Trinajstić information content (AvgIpc) is 3.85. The van der Waals surface area contributed by atoms with Crippen LogP contribution in [0, 0.1) is 0 Å². The minimum absolute atomic E-state index is 0.709. The van der Waals surface area contributed by atoms with Gasteiger partial charge in [0.05, 0.1) is 26.7 Å². The van der Waals surface area contributed by atoms with E-state index in [-0.39, 0.29) is 0 Å². The first-order valence-corrected chi connectivity index (χ1v) is 20.2. The van der Waals surface area contributed by atoms with Gasteiger partial charge in [0, 0.05) is 37.4 Å². The summed E-state index contributed by atoms with van der Waals surface area (Å²) >= 11 is 1.86. The molecule has 5 heteroatoms. The van der Waals surface area contributed by atoms with Gasteiger partial charge in [-0.1, -0.05) is 164 Å². The molecule has 4 heterocycles. The van der Waals surface area contributed by atoms with E-state index >= 15 is 0 Å². The van der Waals surface area contributed by atoms with Crippen LogP contribution in [0.4, 0.5) is 0 Å². The summed E-state index contributed by atoms with van der Waals surface area (Å²) in [7, 11) is -2.91. The van der Waals surface area contributed by atoms with Gasteiger partial charge >= 0.3 is 0 Å². The van der Waals surface area contributed by atoms with E-state index in [2.05, 4.69) is 180 Å². The van der Waals surface area contributed by atoms with Crippen LogP contribution in [0.25, 0.3) is 70.3 Å². The molecule has 0 N–H and O–H groups in total. The number of hydrogen-bond donors (Lipinski definition) is 0. The molecule has 0 amide bonds. The van der Waals surface area contributed by atoms with Crippen LogP contribution in [0.15, 0.2) is 176 Å². The molecule has 3 aromatic heterocycles. The van der Waals surface area contributed by atoms with Crippen LogP contribution in [0.2, 0.25) is 0 Å². The van der Waals surface area contributed by atoms with Gasteiger partial charge in [0.15, 0.2) is 0 Å². The van der Waals surface area contributed by atoms with Gasteiger partial charge in [0.1, 0.15) is 0 Å². The third-order valence-corrected chi connectivity index (χ3v) is 16.6. The average molecular weight is 684 g/mol. The van der Waals surface area contributed by atoms with E-state index in [1.807, 2.05) is 11.3 Å². The van der Waals surface area contributed by atoms with Crippen molar-refractivity contribution in [3.05, 3.63) is 176 Å². The Morgan fingerprint density at radius 2 is 1.10 bits per heavy atom. The van der Waals surface area contributed by atoms with Gasteiger partial charge in [-0.3, -0.25) is 4.57 Å². The van der Waals surface area contributed by atoms with Crippen molar-refractivity contribution in [2.75, 3.05) is 0 Å². The zero-order chi connectivity index (χ0) is 33.5. The van der Waals surface area contributed by atoms with Crippen LogP contribution in [-0.2, 0) is 0 Å². The third kappa shape index (κ3) is 3.93. The monoisotopic (exact) mass is 683 g/mol. The predicted octanol–water partition coefficient (Wildman–Crippen LogP) is 8.97. The maximum absolute atomic E-state index is 5.88. The van der Waals surface area contributed by atoms with Gasteiger partial charge in [0.25, 0.3) is 0 Å². The predicted molar refractivity (Wildman–Crippen MR) is 217 cm³/mol. The molecule has 0 fully saturated rings. The highest BCUT2D eigenvalue weighted by atomic mass is 32.1. The first-order valence-electron chi connectivity index (χ1n) is 17.3. The Balaban J connectivity index is 1.35. The molecule has 0 spiro atoms. The van der Waals surface area contributed by atoms with E-state index in [1.165, 1.54) is 52.1 Å². The second-order valence-corrected chi connectivity index (χ2v) is 18.0. The Kier molecular flexibility index (Phi) is 6.14. The highest BCUT2D eigenvalue weighted by molar-refractivity contribution is 7.26. The maximum Gasteiger partial charge on any atom is 0.235 e. The SMILES string of the molecule is c1ccc(-c2nc(-n3c4ccccc4c4ccc5c6ccccc6sc5c43)nc3c2-c2ccccc2[Si]3(c2ccccc2)c2ccccc2)cc1. The largest absolute Gasteiger partial charge is 0.276 e. The zero-order valence-corrected chi connectivity index (χ0v) is 29.3. The van der Waals surface area contributed by atoms with Gasteiger partial charge in [-0.25, -0.2) is 9.97 Å². The van der Waals surface area contributed by atoms with E-state index in [0.717, 1.165) is 33.2 Å². The molecular weight excluding hydrogens is 655 g/mol. The van der Waals surface area contributed by atoms with Crippen LogP contribution < -0.4 is 20.9 Å². The molecule has 1 aliphatic rings. The fourth-order valence-electron chi connectivity index (χ4n) is 8.60. The standard InChI is InChI=1S/C46H29N3SSi/c1-4-16-30(17-5-1)42-41-37-24-12-15-27-40(37)51(31-18-6-2-7-19-31,32-20-8-3-9-21-32)45(41)48-46(47-42)49-38-25-13-10-22-33(38)35-28-29-36-34-23-11-14-26-39(34)50-44(36)43(35)49/h1-29H. The molecule has 238 valence electrons. The van der Waals surface area contributed by atoms with E-state index in [9.17, 15) is 0 Å². The van der Waals surface area contributed by atoms with Crippen LogP contribution in [-0.4, -0.2) is 22.6 Å². The molecule has 0 saturated heterocycles. The number of fused-ring (bicyclic) bond motifs is 10. The third-order valence-electron chi connectivity index (χ3n) is 10.7. The summed E-state index contributed by atoms with van der Waals surface area (Å²) in [5.41, 5.74) is 6.71. The molecule has 0 saturated carbocycles. The lowest BCUT2D eigenvalue weighted by Gasteiger charge is -2.30. The fraction of sp³-hybridized carbons (Fsp3) is 0. The Morgan fingerprint density at radius 3 is 1.86 bits per heavy atom. The summed E-state index contributed by atoms with van der Waals surface area (Å²) in [5, 5.41) is 10.1. The molecule has 11 rings (SSSR count). The van der Waals surface area contributed by atoms with Gasteiger partial charge in [0.2, 0.25) is 14.0 Å². The number of benzene rings is 7. The molecule has 3 nitrogen and oxygen atoms in total. The van der Waals surface area contributed by atoms with Crippen molar-refractivity contribution >= 4 is 82.3 Å². The summed E-state index contributed by atoms with van der Waals surface area (Å²) in [6, 6.07) is 64.0. The van der Waals surface area contributed by atoms with Crippen molar-refractivity contribution in [1.29, 1.82) is 0 Å². The van der Waals surface area contributed by atoms with Gasteiger partial charge in [-0.15, -0.1) is 11.3 Å². The molecular formula is C46H29N3SSi. The molecule has 0 unspecified atom stereocenters. The Bertz CT molecular complexity index is 2930. The number of thiophene rings is 1. The summed E-state index contributed by atoms with van der Waals surface area (Å²) in [6.45, 7) is 0. The first-order chi connectivity index (χ1) is 25.3. The minimum atomic E-state index is -2.91. The highest BCUT2D eigenvalue weighted by Gasteiger charge is 2.51. The van der Waals surface area contributed by atoms with Crippen molar-refractivity contribution in [1.82, 2.24) is 14.5 Å². The van der Waals surface area contributed by atoms with E-state index in [4.69, 9.17) is 9.97 Å². The van der Waals surface area contributed by atoms with Crippen molar-refractivity contribution in [2.24, 2.45) is 0 Å². The number of para-hydroxylation sites is 1. The van der Waals surface area contributed by atoms with Gasteiger partial charge < -0.3 is 0 Å². The molecule has 10 aromatic rings. The zero-order valence-electron chi connectivity index (χ0n) is 27.5. The maximum atomic E-state index is 5.88. The van der Waals surface area contributed by atoms with E-state index in [0.29, 0.717) is 5.95 Å². The Labute approximate surface area is 299 Å². The summed E-state index contributed by atoms with van der Waals surface area (Å²) in [4.78, 5) is 11.5. The molecule has 0 bridgehead atoms. The molecule has 51 heavy (non-hydrogen) atoms.